The van der Waals surface area contributed by atoms with Crippen molar-refractivity contribution in [2.75, 3.05) is 29.9 Å². The predicted molar refractivity (Wildman–Crippen MR) is 110 cm³/mol. The standard InChI is InChI=1S/C21H26N4O3/c1-15-13-18(28-14-20(26)24-21(22)27)7-8-19(15)23-16-9-11-25(12-10-16)17-5-3-2-4-6-17/h2-8,13,16,23H,9-12,14H2,1H3,(H3,22,24,26,27). The second-order valence-electron chi connectivity index (χ2n) is 6.92. The summed E-state index contributed by atoms with van der Waals surface area (Å²) in [6, 6.07) is 15.7. The van der Waals surface area contributed by atoms with Crippen LogP contribution in [0.3, 0.4) is 0 Å². The van der Waals surface area contributed by atoms with Crippen LogP contribution in [0.15, 0.2) is 48.5 Å². The molecule has 0 spiro atoms. The number of carbonyl (C=O) groups excluding carboxylic acids is 2. The molecular formula is C21H26N4O3. The molecule has 0 radical (unpaired) electrons. The molecule has 148 valence electrons. The molecule has 4 N–H and O–H groups in total. The SMILES string of the molecule is Cc1cc(OCC(=O)NC(N)=O)ccc1NC1CCN(c2ccccc2)CC1. The number of nitrogens with two attached hydrogens (primary N) is 1. The molecule has 0 unspecified atom stereocenters. The Labute approximate surface area is 164 Å². The second kappa shape index (κ2) is 9.12. The van der Waals surface area contributed by atoms with Crippen LogP contribution in [0, 0.1) is 6.92 Å². The maximum absolute atomic E-state index is 11.4. The van der Waals surface area contributed by atoms with Crippen LogP contribution in [0.1, 0.15) is 18.4 Å². The Morgan fingerprint density at radius 3 is 2.50 bits per heavy atom. The molecule has 0 saturated carbocycles. The smallest absolute Gasteiger partial charge is 0.318 e. The van der Waals surface area contributed by atoms with Crippen LogP contribution in [0.5, 0.6) is 5.75 Å². The quantitative estimate of drug-likeness (QED) is 0.714. The van der Waals surface area contributed by atoms with E-state index in [2.05, 4.69) is 34.5 Å². The van der Waals surface area contributed by atoms with Crippen molar-refractivity contribution in [3.05, 3.63) is 54.1 Å². The van der Waals surface area contributed by atoms with E-state index in [4.69, 9.17) is 10.5 Å². The van der Waals surface area contributed by atoms with Gasteiger partial charge in [0.1, 0.15) is 5.75 Å². The Bertz CT molecular complexity index is 818. The predicted octanol–water partition coefficient (Wildman–Crippen LogP) is 2.65. The summed E-state index contributed by atoms with van der Waals surface area (Å²) in [6.45, 7) is 3.79. The fourth-order valence-corrected chi connectivity index (χ4v) is 3.35. The first-order chi connectivity index (χ1) is 13.5. The zero-order chi connectivity index (χ0) is 19.9. The fraction of sp³-hybridized carbons (Fsp3) is 0.333. The Kier molecular flexibility index (Phi) is 6.37. The van der Waals surface area contributed by atoms with Crippen LogP contribution in [-0.2, 0) is 4.79 Å². The lowest BCUT2D eigenvalue weighted by molar-refractivity contribution is -0.121. The maximum Gasteiger partial charge on any atom is 0.318 e. The first-order valence-electron chi connectivity index (χ1n) is 9.40. The molecule has 28 heavy (non-hydrogen) atoms. The van der Waals surface area contributed by atoms with Gasteiger partial charge in [0.2, 0.25) is 0 Å². The number of anilines is 2. The summed E-state index contributed by atoms with van der Waals surface area (Å²) in [4.78, 5) is 24.5. The first kappa shape index (κ1) is 19.5. The van der Waals surface area contributed by atoms with Crippen molar-refractivity contribution in [3.8, 4) is 5.75 Å². The van der Waals surface area contributed by atoms with E-state index >= 15 is 0 Å². The number of benzene rings is 2. The molecule has 2 aromatic carbocycles. The normalized spacial score (nSPS) is 14.4. The molecule has 7 heteroatoms. The highest BCUT2D eigenvalue weighted by Crippen LogP contribution is 2.25. The molecule has 1 aliphatic rings. The molecule has 1 saturated heterocycles. The molecule has 0 atom stereocenters. The summed E-state index contributed by atoms with van der Waals surface area (Å²) in [6.07, 6.45) is 2.14. The van der Waals surface area contributed by atoms with E-state index in [0.717, 1.165) is 37.2 Å². The van der Waals surface area contributed by atoms with E-state index < -0.39 is 11.9 Å². The molecule has 3 rings (SSSR count). The van der Waals surface area contributed by atoms with E-state index in [1.54, 1.807) is 0 Å². The first-order valence-corrected chi connectivity index (χ1v) is 9.40. The maximum atomic E-state index is 11.4. The van der Waals surface area contributed by atoms with Gasteiger partial charge >= 0.3 is 6.03 Å². The summed E-state index contributed by atoms with van der Waals surface area (Å²) in [5, 5.41) is 5.58. The number of carbonyl (C=O) groups is 2. The lowest BCUT2D eigenvalue weighted by Gasteiger charge is -2.34. The van der Waals surface area contributed by atoms with Crippen molar-refractivity contribution in [3.63, 3.8) is 0 Å². The molecule has 1 heterocycles. The third-order valence-electron chi connectivity index (χ3n) is 4.81. The van der Waals surface area contributed by atoms with Gasteiger partial charge in [-0.3, -0.25) is 10.1 Å². The summed E-state index contributed by atoms with van der Waals surface area (Å²) in [5.74, 6) is -0.000835. The largest absolute Gasteiger partial charge is 0.484 e. The minimum Gasteiger partial charge on any atom is -0.484 e. The number of hydrogen-bond acceptors (Lipinski definition) is 5. The van der Waals surface area contributed by atoms with Crippen molar-refractivity contribution in [1.29, 1.82) is 0 Å². The lowest BCUT2D eigenvalue weighted by atomic mass is 10.0. The van der Waals surface area contributed by atoms with Crippen LogP contribution >= 0.6 is 0 Å². The second-order valence-corrected chi connectivity index (χ2v) is 6.92. The number of urea groups is 1. The number of ether oxygens (including phenoxy) is 1. The molecule has 1 aliphatic heterocycles. The number of para-hydroxylation sites is 1. The van der Waals surface area contributed by atoms with Crippen LogP contribution in [0.2, 0.25) is 0 Å². The number of rotatable bonds is 6. The number of amides is 3. The number of aryl methyl sites for hydroxylation is 1. The molecular weight excluding hydrogens is 356 g/mol. The number of piperidine rings is 1. The van der Waals surface area contributed by atoms with Crippen LogP contribution in [-0.4, -0.2) is 37.7 Å². The van der Waals surface area contributed by atoms with Crippen LogP contribution < -0.4 is 26.0 Å². The number of nitrogens with zero attached hydrogens (tertiary/aromatic N) is 1. The van der Waals surface area contributed by atoms with Gasteiger partial charge in [0.25, 0.3) is 5.91 Å². The topological polar surface area (TPSA) is 96.7 Å². The molecule has 0 aromatic heterocycles. The average molecular weight is 382 g/mol. The van der Waals surface area contributed by atoms with Gasteiger partial charge in [0, 0.05) is 30.5 Å². The Morgan fingerprint density at radius 2 is 1.86 bits per heavy atom. The van der Waals surface area contributed by atoms with E-state index in [0.29, 0.717) is 11.8 Å². The zero-order valence-electron chi connectivity index (χ0n) is 16.0. The lowest BCUT2D eigenvalue weighted by Crippen LogP contribution is -2.39. The monoisotopic (exact) mass is 382 g/mol. The van der Waals surface area contributed by atoms with Crippen LogP contribution in [0.4, 0.5) is 16.2 Å². The Hall–Kier alpha value is -3.22. The average Bonchev–Trinajstić information content (AvgIpc) is 2.69. The Balaban J connectivity index is 1.50. The van der Waals surface area contributed by atoms with Crippen molar-refractivity contribution >= 4 is 23.3 Å². The zero-order valence-corrected chi connectivity index (χ0v) is 16.0. The summed E-state index contributed by atoms with van der Waals surface area (Å²) >= 11 is 0. The van der Waals surface area contributed by atoms with E-state index in [9.17, 15) is 9.59 Å². The number of primary amides is 1. The highest BCUT2D eigenvalue weighted by atomic mass is 16.5. The van der Waals surface area contributed by atoms with Gasteiger partial charge in [0.05, 0.1) is 0 Å². The third kappa shape index (κ3) is 5.39. The van der Waals surface area contributed by atoms with E-state index in [1.807, 2.05) is 36.5 Å². The van der Waals surface area contributed by atoms with Gasteiger partial charge in [-0.2, -0.15) is 0 Å². The van der Waals surface area contributed by atoms with Gasteiger partial charge < -0.3 is 20.7 Å². The minimum absolute atomic E-state index is 0.257. The summed E-state index contributed by atoms with van der Waals surface area (Å²) in [7, 11) is 0. The number of imide groups is 1. The molecule has 0 aliphatic carbocycles. The number of hydrogen-bond donors (Lipinski definition) is 3. The highest BCUT2D eigenvalue weighted by Gasteiger charge is 2.19. The summed E-state index contributed by atoms with van der Waals surface area (Å²) < 4.78 is 5.40. The van der Waals surface area contributed by atoms with Gasteiger partial charge in [-0.25, -0.2) is 4.79 Å². The van der Waals surface area contributed by atoms with Crippen molar-refractivity contribution in [1.82, 2.24) is 5.32 Å². The third-order valence-corrected chi connectivity index (χ3v) is 4.81. The molecule has 1 fully saturated rings. The summed E-state index contributed by atoms with van der Waals surface area (Å²) in [5.41, 5.74) is 8.28. The van der Waals surface area contributed by atoms with E-state index in [-0.39, 0.29) is 6.61 Å². The van der Waals surface area contributed by atoms with E-state index in [1.165, 1.54) is 5.69 Å². The minimum atomic E-state index is -0.886. The molecule has 3 amide bonds. The van der Waals surface area contributed by atoms with Crippen molar-refractivity contribution in [2.45, 2.75) is 25.8 Å². The molecule has 7 nitrogen and oxygen atoms in total. The molecule has 0 bridgehead atoms. The number of nitrogens with one attached hydrogen (secondary N) is 2. The van der Waals surface area contributed by atoms with Gasteiger partial charge in [-0.05, 0) is 55.7 Å². The van der Waals surface area contributed by atoms with Crippen molar-refractivity contribution in [2.24, 2.45) is 5.73 Å². The van der Waals surface area contributed by atoms with Gasteiger partial charge in [-0.1, -0.05) is 18.2 Å². The van der Waals surface area contributed by atoms with Gasteiger partial charge in [0.15, 0.2) is 6.61 Å². The fourth-order valence-electron chi connectivity index (χ4n) is 3.35. The van der Waals surface area contributed by atoms with Gasteiger partial charge in [-0.15, -0.1) is 0 Å². The molecule has 2 aromatic rings. The Morgan fingerprint density at radius 1 is 1.14 bits per heavy atom. The van der Waals surface area contributed by atoms with Crippen LogP contribution in [0.25, 0.3) is 0 Å². The highest BCUT2D eigenvalue weighted by molar-refractivity contribution is 5.94. The van der Waals surface area contributed by atoms with Crippen molar-refractivity contribution < 1.29 is 14.3 Å².